The second-order valence-corrected chi connectivity index (χ2v) is 6.65. The minimum Gasteiger partial charge on any atom is -0.383 e. The highest BCUT2D eigenvalue weighted by Crippen LogP contribution is 2.17. The molecule has 28 heavy (non-hydrogen) atoms. The van der Waals surface area contributed by atoms with Gasteiger partial charge in [0, 0.05) is 45.4 Å². The molecule has 1 aromatic carbocycles. The third-order valence-electron chi connectivity index (χ3n) is 4.90. The minimum absolute atomic E-state index is 0.0935. The number of nitro groups is 1. The summed E-state index contributed by atoms with van der Waals surface area (Å²) in [5.74, 6) is 0. The molecule has 0 aliphatic carbocycles. The van der Waals surface area contributed by atoms with Crippen LogP contribution in [0, 0.1) is 10.1 Å². The molecule has 1 aliphatic heterocycles. The Morgan fingerprint density at radius 1 is 1.14 bits per heavy atom. The lowest BCUT2D eigenvalue weighted by molar-refractivity contribution is -0.384. The zero-order chi connectivity index (χ0) is 20.1. The molecule has 152 valence electrons. The van der Waals surface area contributed by atoms with Crippen LogP contribution in [-0.2, 0) is 22.6 Å². The number of morpholine rings is 1. The summed E-state index contributed by atoms with van der Waals surface area (Å²) >= 11 is 0. The van der Waals surface area contributed by atoms with Crippen LogP contribution in [0.25, 0.3) is 10.9 Å². The van der Waals surface area contributed by atoms with Crippen LogP contribution < -0.4 is 11.2 Å². The normalized spacial score (nSPS) is 15.2. The lowest BCUT2D eigenvalue weighted by Crippen LogP contribution is -2.42. The number of non-ortho nitro benzene ring substituents is 1. The van der Waals surface area contributed by atoms with Crippen LogP contribution in [0.4, 0.5) is 5.69 Å². The summed E-state index contributed by atoms with van der Waals surface area (Å²) in [7, 11) is 1.48. The van der Waals surface area contributed by atoms with Gasteiger partial charge in [-0.25, -0.2) is 4.79 Å². The molecule has 1 saturated heterocycles. The number of aromatic nitrogens is 2. The van der Waals surface area contributed by atoms with E-state index in [-0.39, 0.29) is 24.2 Å². The predicted octanol–water partition coefficient (Wildman–Crippen LogP) is 0.440. The molecule has 0 N–H and O–H groups in total. The highest BCUT2D eigenvalue weighted by molar-refractivity contribution is 5.80. The fraction of sp³-hybridized carbons (Fsp3) is 0.556. The van der Waals surface area contributed by atoms with Crippen molar-refractivity contribution in [2.75, 3.05) is 46.6 Å². The van der Waals surface area contributed by atoms with Gasteiger partial charge >= 0.3 is 5.69 Å². The predicted molar refractivity (Wildman–Crippen MR) is 103 cm³/mol. The lowest BCUT2D eigenvalue weighted by atomic mass is 10.2. The molecule has 0 bridgehead atoms. The highest BCUT2D eigenvalue weighted by atomic mass is 16.6. The number of ether oxygens (including phenoxy) is 2. The summed E-state index contributed by atoms with van der Waals surface area (Å²) < 4.78 is 12.9. The largest absolute Gasteiger partial charge is 0.383 e. The average Bonchev–Trinajstić information content (AvgIpc) is 2.71. The topological polar surface area (TPSA) is 109 Å². The van der Waals surface area contributed by atoms with Crippen LogP contribution in [0.3, 0.4) is 0 Å². The second-order valence-electron chi connectivity index (χ2n) is 6.65. The number of aryl methyl sites for hydroxylation is 1. The van der Waals surface area contributed by atoms with Gasteiger partial charge in [0.05, 0.1) is 42.2 Å². The molecule has 1 fully saturated rings. The Balaban J connectivity index is 1.97. The Labute approximate surface area is 161 Å². The standard InChI is InChI=1S/C18H24N4O6/c1-27-10-9-21-17(23)15-13-14(22(25)26)3-4-16(15)20(18(21)24)6-2-5-19-7-11-28-12-8-19/h3-4,13H,2,5-12H2,1H3. The number of nitrogens with zero attached hydrogens (tertiary/aromatic N) is 4. The Hall–Kier alpha value is -2.56. The SMILES string of the molecule is COCCn1c(=O)c2cc([N+](=O)[O-])ccc2n(CCCN2CCOCC2)c1=O. The fourth-order valence-electron chi connectivity index (χ4n) is 3.40. The molecule has 2 heterocycles. The van der Waals surface area contributed by atoms with Gasteiger partial charge in [-0.2, -0.15) is 0 Å². The van der Waals surface area contributed by atoms with Crippen LogP contribution in [0.1, 0.15) is 6.42 Å². The summed E-state index contributed by atoms with van der Waals surface area (Å²) in [4.78, 5) is 38.5. The molecule has 2 aromatic rings. The van der Waals surface area contributed by atoms with Crippen molar-refractivity contribution < 1.29 is 14.4 Å². The minimum atomic E-state index is -0.549. The van der Waals surface area contributed by atoms with E-state index >= 15 is 0 Å². The Morgan fingerprint density at radius 2 is 1.89 bits per heavy atom. The molecule has 1 aromatic heterocycles. The monoisotopic (exact) mass is 392 g/mol. The van der Waals surface area contributed by atoms with E-state index in [1.165, 1.54) is 29.9 Å². The third-order valence-corrected chi connectivity index (χ3v) is 4.90. The molecule has 0 spiro atoms. The molecule has 0 amide bonds. The van der Waals surface area contributed by atoms with Crippen molar-refractivity contribution in [3.05, 3.63) is 49.2 Å². The Morgan fingerprint density at radius 3 is 2.57 bits per heavy atom. The second kappa shape index (κ2) is 9.09. The van der Waals surface area contributed by atoms with Gasteiger partial charge in [-0.15, -0.1) is 0 Å². The molecule has 10 nitrogen and oxygen atoms in total. The molecule has 10 heteroatoms. The molecule has 0 atom stereocenters. The molecule has 3 rings (SSSR count). The zero-order valence-corrected chi connectivity index (χ0v) is 15.8. The van der Waals surface area contributed by atoms with E-state index in [0.29, 0.717) is 31.7 Å². The first-order chi connectivity index (χ1) is 13.5. The van der Waals surface area contributed by atoms with Crippen molar-refractivity contribution in [3.8, 4) is 0 Å². The number of rotatable bonds is 8. The summed E-state index contributed by atoms with van der Waals surface area (Å²) in [5.41, 5.74) is -0.729. The van der Waals surface area contributed by atoms with E-state index < -0.39 is 16.2 Å². The lowest BCUT2D eigenvalue weighted by Gasteiger charge is -2.26. The maximum absolute atomic E-state index is 12.9. The van der Waals surface area contributed by atoms with Gasteiger partial charge in [-0.1, -0.05) is 0 Å². The number of fused-ring (bicyclic) bond motifs is 1. The van der Waals surface area contributed by atoms with Gasteiger partial charge < -0.3 is 9.47 Å². The molecule has 0 radical (unpaired) electrons. The average molecular weight is 392 g/mol. The zero-order valence-electron chi connectivity index (χ0n) is 15.8. The molecular formula is C18H24N4O6. The maximum Gasteiger partial charge on any atom is 0.331 e. The number of hydrogen-bond acceptors (Lipinski definition) is 7. The summed E-state index contributed by atoms with van der Waals surface area (Å²) in [6, 6.07) is 4.03. The number of hydrogen-bond donors (Lipinski definition) is 0. The van der Waals surface area contributed by atoms with E-state index in [0.717, 1.165) is 24.2 Å². The van der Waals surface area contributed by atoms with Gasteiger partial charge in [0.15, 0.2) is 0 Å². The van der Waals surface area contributed by atoms with E-state index in [1.54, 1.807) is 0 Å². The van der Waals surface area contributed by atoms with Crippen molar-refractivity contribution in [1.29, 1.82) is 0 Å². The summed E-state index contributed by atoms with van der Waals surface area (Å²) in [6.07, 6.45) is 0.717. The van der Waals surface area contributed by atoms with Crippen LogP contribution in [-0.4, -0.2) is 65.5 Å². The number of nitro benzene ring substituents is 1. The van der Waals surface area contributed by atoms with Gasteiger partial charge in [-0.05, 0) is 12.5 Å². The smallest absolute Gasteiger partial charge is 0.331 e. The summed E-state index contributed by atoms with van der Waals surface area (Å²) in [5, 5.41) is 11.3. The van der Waals surface area contributed by atoms with E-state index in [2.05, 4.69) is 4.90 Å². The van der Waals surface area contributed by atoms with Crippen molar-refractivity contribution in [2.24, 2.45) is 0 Å². The molecule has 0 unspecified atom stereocenters. The van der Waals surface area contributed by atoms with Crippen molar-refractivity contribution >= 4 is 16.6 Å². The van der Waals surface area contributed by atoms with Gasteiger partial charge in [0.25, 0.3) is 11.2 Å². The van der Waals surface area contributed by atoms with Crippen molar-refractivity contribution in [2.45, 2.75) is 19.5 Å². The fourth-order valence-corrected chi connectivity index (χ4v) is 3.40. The maximum atomic E-state index is 12.9. The van der Waals surface area contributed by atoms with E-state index in [9.17, 15) is 19.7 Å². The van der Waals surface area contributed by atoms with Gasteiger partial charge in [-0.3, -0.25) is 28.9 Å². The van der Waals surface area contributed by atoms with Crippen molar-refractivity contribution in [1.82, 2.24) is 14.0 Å². The molecular weight excluding hydrogens is 368 g/mol. The molecule has 0 saturated carbocycles. The van der Waals surface area contributed by atoms with Crippen LogP contribution in [0.5, 0.6) is 0 Å². The quantitative estimate of drug-likeness (QED) is 0.474. The Bertz CT molecular complexity index is 961. The number of benzene rings is 1. The van der Waals surface area contributed by atoms with Crippen LogP contribution >= 0.6 is 0 Å². The number of methoxy groups -OCH3 is 1. The first-order valence-electron chi connectivity index (χ1n) is 9.23. The van der Waals surface area contributed by atoms with Crippen LogP contribution in [0.15, 0.2) is 27.8 Å². The van der Waals surface area contributed by atoms with Crippen molar-refractivity contribution in [3.63, 3.8) is 0 Å². The van der Waals surface area contributed by atoms with Gasteiger partial charge in [0.2, 0.25) is 0 Å². The van der Waals surface area contributed by atoms with Crippen LogP contribution in [0.2, 0.25) is 0 Å². The molecule has 1 aliphatic rings. The highest BCUT2D eigenvalue weighted by Gasteiger charge is 2.17. The third kappa shape index (κ3) is 4.29. The van der Waals surface area contributed by atoms with E-state index in [4.69, 9.17) is 9.47 Å². The Kier molecular flexibility index (Phi) is 6.55. The van der Waals surface area contributed by atoms with Gasteiger partial charge in [0.1, 0.15) is 0 Å². The first kappa shape index (κ1) is 20.2. The van der Waals surface area contributed by atoms with E-state index in [1.807, 2.05) is 0 Å². The first-order valence-corrected chi connectivity index (χ1v) is 9.23. The summed E-state index contributed by atoms with van der Waals surface area (Å²) in [6.45, 7) is 4.63.